The molecule has 5 rings (SSSR count). The zero-order valence-electron chi connectivity index (χ0n) is 30.6. The van der Waals surface area contributed by atoms with Crippen LogP contribution >= 0.6 is 0 Å². The highest BCUT2D eigenvalue weighted by molar-refractivity contribution is 7.91. The molecule has 0 bridgehead atoms. The number of hydrogen-bond donors (Lipinski definition) is 0. The van der Waals surface area contributed by atoms with Crippen LogP contribution in [0.1, 0.15) is 61.9 Å². The number of hydrogen-bond acceptors (Lipinski definition) is 5. The summed E-state index contributed by atoms with van der Waals surface area (Å²) in [6.07, 6.45) is 1.98. The summed E-state index contributed by atoms with van der Waals surface area (Å²) in [6, 6.07) is 38.4. The minimum Gasteiger partial charge on any atom is -0.489 e. The Hall–Kier alpha value is -4.17. The van der Waals surface area contributed by atoms with E-state index >= 15 is 0 Å². The molecule has 50 heavy (non-hydrogen) atoms. The lowest BCUT2D eigenvalue weighted by molar-refractivity contribution is 0.0916. The summed E-state index contributed by atoms with van der Waals surface area (Å²) in [4.78, 5) is 0.507. The third-order valence-corrected chi connectivity index (χ3v) is 11.8. The van der Waals surface area contributed by atoms with Crippen molar-refractivity contribution in [2.45, 2.75) is 94.5 Å². The van der Waals surface area contributed by atoms with E-state index in [1.807, 2.05) is 31.2 Å². The summed E-state index contributed by atoms with van der Waals surface area (Å²) >= 11 is 0. The lowest BCUT2D eigenvalue weighted by Gasteiger charge is -2.33. The highest BCUT2D eigenvalue weighted by atomic mass is 32.2. The number of benzene rings is 5. The molecule has 5 nitrogen and oxygen atoms in total. The van der Waals surface area contributed by atoms with Crippen LogP contribution in [-0.4, -0.2) is 22.3 Å². The topological polar surface area (TPSA) is 61.8 Å². The van der Waals surface area contributed by atoms with Crippen molar-refractivity contribution in [2.24, 2.45) is 0 Å². The molecule has 0 saturated carbocycles. The Labute approximate surface area is 300 Å². The number of ether oxygens (including phenoxy) is 2. The van der Waals surface area contributed by atoms with Crippen LogP contribution in [0.5, 0.6) is 17.2 Å². The zero-order valence-corrected chi connectivity index (χ0v) is 32.4. The van der Waals surface area contributed by atoms with Gasteiger partial charge in [-0.3, -0.25) is 0 Å². The van der Waals surface area contributed by atoms with Gasteiger partial charge in [-0.05, 0) is 136 Å². The smallest absolute Gasteiger partial charge is 0.206 e. The highest BCUT2D eigenvalue weighted by Crippen LogP contribution is 2.34. The zero-order chi connectivity index (χ0) is 36.2. The second-order valence-corrected chi connectivity index (χ2v) is 21.5. The van der Waals surface area contributed by atoms with Gasteiger partial charge in [-0.1, -0.05) is 80.1 Å². The van der Waals surface area contributed by atoms with Gasteiger partial charge in [0.25, 0.3) is 0 Å². The first-order chi connectivity index (χ1) is 23.5. The third-order valence-electron chi connectivity index (χ3n) is 8.88. The van der Waals surface area contributed by atoms with Crippen LogP contribution in [0.25, 0.3) is 0 Å². The number of aryl methyl sites for hydroxylation is 2. The van der Waals surface area contributed by atoms with Gasteiger partial charge >= 0.3 is 0 Å². The van der Waals surface area contributed by atoms with E-state index in [1.165, 1.54) is 11.1 Å². The maximum atomic E-state index is 13.0. The van der Waals surface area contributed by atoms with E-state index in [9.17, 15) is 8.42 Å². The lowest BCUT2D eigenvalue weighted by Crippen LogP contribution is -2.38. The summed E-state index contributed by atoms with van der Waals surface area (Å²) in [7, 11) is -5.17. The molecule has 7 heteroatoms. The second-order valence-electron chi connectivity index (χ2n) is 15.1. The standard InChI is InChI=1S/C43H50O5SSi/c1-32-9-25-40(26-10-32)49(44,45)41-27-23-39(24-28-41)47-38-21-17-36(18-22-38)43(4,5)35-15-19-37(20-16-35)46-31-34-13-11-33(12-14-34)29-30-42(2,3)48-50(6,7)8/h9-28H,29-31H2,1-8H3. The molecular formula is C43H50O5SSi. The van der Waals surface area contributed by atoms with Crippen molar-refractivity contribution in [2.75, 3.05) is 0 Å². The van der Waals surface area contributed by atoms with E-state index < -0.39 is 18.2 Å². The van der Waals surface area contributed by atoms with Gasteiger partial charge < -0.3 is 13.9 Å². The molecule has 0 aliphatic carbocycles. The van der Waals surface area contributed by atoms with Crippen molar-refractivity contribution >= 4 is 18.2 Å². The first-order valence-electron chi connectivity index (χ1n) is 17.2. The predicted octanol–water partition coefficient (Wildman–Crippen LogP) is 11.1. The Morgan fingerprint density at radius 2 is 1.02 bits per heavy atom. The molecule has 0 fully saturated rings. The van der Waals surface area contributed by atoms with E-state index in [4.69, 9.17) is 13.9 Å². The molecule has 0 spiro atoms. The molecule has 0 radical (unpaired) electrons. The van der Waals surface area contributed by atoms with Crippen molar-refractivity contribution in [1.29, 1.82) is 0 Å². The van der Waals surface area contributed by atoms with Gasteiger partial charge in [-0.2, -0.15) is 0 Å². The van der Waals surface area contributed by atoms with Gasteiger partial charge in [0.05, 0.1) is 15.4 Å². The summed E-state index contributed by atoms with van der Waals surface area (Å²) in [5.74, 6) is 2.08. The summed E-state index contributed by atoms with van der Waals surface area (Å²) in [5.41, 5.74) is 5.43. The fourth-order valence-corrected chi connectivity index (χ4v) is 9.07. The van der Waals surface area contributed by atoms with Gasteiger partial charge in [-0.15, -0.1) is 0 Å². The van der Waals surface area contributed by atoms with Crippen molar-refractivity contribution in [3.8, 4) is 17.2 Å². The monoisotopic (exact) mass is 706 g/mol. The van der Waals surface area contributed by atoms with E-state index in [0.29, 0.717) is 18.1 Å². The van der Waals surface area contributed by atoms with Crippen LogP contribution in [0.3, 0.4) is 0 Å². The van der Waals surface area contributed by atoms with Gasteiger partial charge in [-0.25, -0.2) is 8.42 Å². The predicted molar refractivity (Wildman–Crippen MR) is 206 cm³/mol. The van der Waals surface area contributed by atoms with Crippen LogP contribution in [0.4, 0.5) is 0 Å². The second kappa shape index (κ2) is 15.0. The van der Waals surface area contributed by atoms with Crippen molar-refractivity contribution in [1.82, 2.24) is 0 Å². The molecule has 0 amide bonds. The molecule has 0 saturated heterocycles. The normalized spacial score (nSPS) is 12.5. The lowest BCUT2D eigenvalue weighted by atomic mass is 9.78. The van der Waals surface area contributed by atoms with Crippen LogP contribution in [-0.2, 0) is 32.7 Å². The number of sulfone groups is 1. The third kappa shape index (κ3) is 9.74. The Bertz CT molecular complexity index is 1960. The average molecular weight is 707 g/mol. The maximum Gasteiger partial charge on any atom is 0.206 e. The van der Waals surface area contributed by atoms with Crippen LogP contribution in [0.2, 0.25) is 19.6 Å². The molecule has 5 aromatic rings. The van der Waals surface area contributed by atoms with E-state index in [0.717, 1.165) is 35.3 Å². The van der Waals surface area contributed by atoms with E-state index in [-0.39, 0.29) is 20.8 Å². The first-order valence-corrected chi connectivity index (χ1v) is 22.1. The molecule has 0 atom stereocenters. The van der Waals surface area contributed by atoms with E-state index in [2.05, 4.69) is 95.9 Å². The molecular weight excluding hydrogens is 657 g/mol. The molecule has 0 heterocycles. The largest absolute Gasteiger partial charge is 0.489 e. The Balaban J connectivity index is 1.14. The molecule has 262 valence electrons. The average Bonchev–Trinajstić information content (AvgIpc) is 3.07. The summed E-state index contributed by atoms with van der Waals surface area (Å²) in [6.45, 7) is 18.0. The van der Waals surface area contributed by atoms with Gasteiger partial charge in [0.2, 0.25) is 9.84 Å². The van der Waals surface area contributed by atoms with Crippen molar-refractivity contribution in [3.05, 3.63) is 149 Å². The van der Waals surface area contributed by atoms with Crippen LogP contribution in [0, 0.1) is 6.92 Å². The Morgan fingerprint density at radius 3 is 1.52 bits per heavy atom. The van der Waals surface area contributed by atoms with E-state index in [1.54, 1.807) is 48.5 Å². The molecule has 0 unspecified atom stereocenters. The minimum absolute atomic E-state index is 0.114. The van der Waals surface area contributed by atoms with Crippen molar-refractivity contribution < 1.29 is 22.3 Å². The highest BCUT2D eigenvalue weighted by Gasteiger charge is 2.27. The molecule has 0 aromatic heterocycles. The fourth-order valence-electron chi connectivity index (χ4n) is 6.04. The first kappa shape index (κ1) is 37.1. The Morgan fingerprint density at radius 1 is 0.580 bits per heavy atom. The SMILES string of the molecule is Cc1ccc(S(=O)(=O)c2ccc(Oc3ccc(C(C)(C)c4ccc(OCc5ccc(CCC(C)(C)O[Si](C)(C)C)cc5)cc4)cc3)cc2)cc1. The Kier molecular flexibility index (Phi) is 11.1. The van der Waals surface area contributed by atoms with Gasteiger partial charge in [0, 0.05) is 5.41 Å². The maximum absolute atomic E-state index is 13.0. The van der Waals surface area contributed by atoms with Gasteiger partial charge in [0.1, 0.15) is 23.9 Å². The fraction of sp³-hybridized carbons (Fsp3) is 0.302. The minimum atomic E-state index is -3.59. The molecule has 0 aliphatic rings. The summed E-state index contributed by atoms with van der Waals surface area (Å²) in [5, 5.41) is 0. The summed E-state index contributed by atoms with van der Waals surface area (Å²) < 4.78 is 44.6. The van der Waals surface area contributed by atoms with Crippen LogP contribution in [0.15, 0.2) is 131 Å². The molecule has 0 aliphatic heterocycles. The van der Waals surface area contributed by atoms with Gasteiger partial charge in [0.15, 0.2) is 8.32 Å². The van der Waals surface area contributed by atoms with Crippen LogP contribution < -0.4 is 9.47 Å². The van der Waals surface area contributed by atoms with Crippen molar-refractivity contribution in [3.63, 3.8) is 0 Å². The number of rotatable bonds is 14. The molecule has 5 aromatic carbocycles. The molecule has 0 N–H and O–H groups in total. The quantitative estimate of drug-likeness (QED) is 0.108.